The first kappa shape index (κ1) is 17.1. The number of hydrogen-bond donors (Lipinski definition) is 1. The Morgan fingerprint density at radius 3 is 2.76 bits per heavy atom. The van der Waals surface area contributed by atoms with Crippen LogP contribution in [0.15, 0.2) is 30.3 Å². The van der Waals surface area contributed by atoms with Crippen molar-refractivity contribution in [3.05, 3.63) is 53.1 Å². The van der Waals surface area contributed by atoms with Crippen molar-refractivity contribution >= 4 is 11.8 Å². The van der Waals surface area contributed by atoms with E-state index in [9.17, 15) is 14.0 Å². The number of rotatable bonds is 4. The van der Waals surface area contributed by atoms with Gasteiger partial charge in [0.25, 0.3) is 5.91 Å². The summed E-state index contributed by atoms with van der Waals surface area (Å²) in [6, 6.07) is 8.04. The Labute approximate surface area is 145 Å². The second-order valence-corrected chi connectivity index (χ2v) is 6.46. The molecule has 0 spiro atoms. The zero-order chi connectivity index (χ0) is 18.0. The molecule has 0 unspecified atom stereocenters. The quantitative estimate of drug-likeness (QED) is 0.919. The number of nitrogens with zero attached hydrogens (tertiary/aromatic N) is 3. The van der Waals surface area contributed by atoms with Crippen LogP contribution in [0.3, 0.4) is 0 Å². The summed E-state index contributed by atoms with van der Waals surface area (Å²) in [5, 5.41) is 7.11. The fourth-order valence-corrected chi connectivity index (χ4v) is 2.84. The lowest BCUT2D eigenvalue weighted by Crippen LogP contribution is -2.39. The predicted molar refractivity (Wildman–Crippen MR) is 90.4 cm³/mol. The molecule has 0 aliphatic carbocycles. The Balaban J connectivity index is 1.68. The van der Waals surface area contributed by atoms with Crippen LogP contribution in [0.25, 0.3) is 0 Å². The maximum absolute atomic E-state index is 13.7. The second-order valence-electron chi connectivity index (χ2n) is 6.46. The van der Waals surface area contributed by atoms with Gasteiger partial charge in [-0.2, -0.15) is 5.10 Å². The van der Waals surface area contributed by atoms with Gasteiger partial charge >= 0.3 is 0 Å². The molecule has 1 aliphatic heterocycles. The normalized spacial score (nSPS) is 13.7. The van der Waals surface area contributed by atoms with Crippen LogP contribution in [0.2, 0.25) is 0 Å². The SMILES string of the molecule is CC(C)NC(=O)c1cc2n(n1)CCN(C(=O)Cc1ccccc1F)C2. The molecule has 2 amide bonds. The molecule has 3 rings (SSSR count). The van der Waals surface area contributed by atoms with Crippen molar-refractivity contribution in [3.63, 3.8) is 0 Å². The molecule has 6 nitrogen and oxygen atoms in total. The maximum Gasteiger partial charge on any atom is 0.271 e. The summed E-state index contributed by atoms with van der Waals surface area (Å²) in [6.45, 7) is 5.16. The van der Waals surface area contributed by atoms with Crippen LogP contribution in [0.4, 0.5) is 4.39 Å². The van der Waals surface area contributed by atoms with Gasteiger partial charge in [0.15, 0.2) is 5.69 Å². The molecule has 0 fully saturated rings. The largest absolute Gasteiger partial charge is 0.348 e. The van der Waals surface area contributed by atoms with E-state index in [0.29, 0.717) is 30.9 Å². The van der Waals surface area contributed by atoms with Gasteiger partial charge in [0.1, 0.15) is 5.82 Å². The molecule has 2 aromatic rings. The van der Waals surface area contributed by atoms with Gasteiger partial charge in [0.2, 0.25) is 5.91 Å². The van der Waals surface area contributed by atoms with E-state index in [1.165, 1.54) is 6.07 Å². The van der Waals surface area contributed by atoms with Crippen molar-refractivity contribution in [2.45, 2.75) is 39.4 Å². The van der Waals surface area contributed by atoms with E-state index in [0.717, 1.165) is 5.69 Å². The van der Waals surface area contributed by atoms with Crippen LogP contribution in [0.5, 0.6) is 0 Å². The Morgan fingerprint density at radius 1 is 1.28 bits per heavy atom. The molecule has 132 valence electrons. The average molecular weight is 344 g/mol. The van der Waals surface area contributed by atoms with Crippen molar-refractivity contribution in [1.82, 2.24) is 20.0 Å². The average Bonchev–Trinajstić information content (AvgIpc) is 2.99. The standard InChI is InChI=1S/C18H21FN4O2/c1-12(2)20-18(25)16-10-14-11-22(7-8-23(14)21-16)17(24)9-13-5-3-4-6-15(13)19/h3-6,10,12H,7-9,11H2,1-2H3,(H,20,25). The second kappa shape index (κ2) is 7.04. The number of carbonyl (C=O) groups excluding carboxylic acids is 2. The molecule has 7 heteroatoms. The summed E-state index contributed by atoms with van der Waals surface area (Å²) in [5.74, 6) is -0.725. The van der Waals surface area contributed by atoms with E-state index in [1.54, 1.807) is 33.8 Å². The van der Waals surface area contributed by atoms with E-state index >= 15 is 0 Å². The van der Waals surface area contributed by atoms with Crippen molar-refractivity contribution in [3.8, 4) is 0 Å². The van der Waals surface area contributed by atoms with E-state index in [1.807, 2.05) is 13.8 Å². The summed E-state index contributed by atoms with van der Waals surface area (Å²) in [6.07, 6.45) is 0.0293. The summed E-state index contributed by atoms with van der Waals surface area (Å²) in [5.41, 5.74) is 1.55. The Bertz CT molecular complexity index is 800. The van der Waals surface area contributed by atoms with Gasteiger partial charge in [0.05, 0.1) is 25.2 Å². The van der Waals surface area contributed by atoms with E-state index in [2.05, 4.69) is 10.4 Å². The molecule has 0 atom stereocenters. The maximum atomic E-state index is 13.7. The molecule has 25 heavy (non-hydrogen) atoms. The lowest BCUT2D eigenvalue weighted by Gasteiger charge is -2.27. The summed E-state index contributed by atoms with van der Waals surface area (Å²) < 4.78 is 15.5. The van der Waals surface area contributed by atoms with Crippen molar-refractivity contribution in [2.24, 2.45) is 0 Å². The molecular weight excluding hydrogens is 323 g/mol. The minimum Gasteiger partial charge on any atom is -0.348 e. The first-order valence-corrected chi connectivity index (χ1v) is 8.33. The highest BCUT2D eigenvalue weighted by Crippen LogP contribution is 2.16. The van der Waals surface area contributed by atoms with Crippen LogP contribution in [0, 0.1) is 5.82 Å². The molecule has 2 heterocycles. The van der Waals surface area contributed by atoms with Gasteiger partial charge in [-0.3, -0.25) is 14.3 Å². The molecule has 1 aliphatic rings. The van der Waals surface area contributed by atoms with Crippen LogP contribution in [0.1, 0.15) is 35.6 Å². The van der Waals surface area contributed by atoms with Crippen molar-refractivity contribution in [1.29, 1.82) is 0 Å². The number of amides is 2. The van der Waals surface area contributed by atoms with E-state index < -0.39 is 0 Å². The van der Waals surface area contributed by atoms with Crippen LogP contribution in [-0.4, -0.2) is 39.1 Å². The number of nitrogens with one attached hydrogen (secondary N) is 1. The molecule has 0 saturated heterocycles. The molecule has 0 saturated carbocycles. The molecule has 0 radical (unpaired) electrons. The third-order valence-corrected chi connectivity index (χ3v) is 4.10. The number of fused-ring (bicyclic) bond motifs is 1. The first-order chi connectivity index (χ1) is 11.9. The lowest BCUT2D eigenvalue weighted by atomic mass is 10.1. The number of halogens is 1. The van der Waals surface area contributed by atoms with Gasteiger partial charge in [-0.05, 0) is 31.5 Å². The van der Waals surface area contributed by atoms with Gasteiger partial charge in [0, 0.05) is 12.6 Å². The molecule has 1 N–H and O–H groups in total. The Hall–Kier alpha value is -2.70. The van der Waals surface area contributed by atoms with Crippen molar-refractivity contribution in [2.75, 3.05) is 6.54 Å². The molecule has 1 aromatic carbocycles. The van der Waals surface area contributed by atoms with Crippen LogP contribution < -0.4 is 5.32 Å². The molecular formula is C18H21FN4O2. The fraction of sp³-hybridized carbons (Fsp3) is 0.389. The minimum atomic E-state index is -0.370. The first-order valence-electron chi connectivity index (χ1n) is 8.33. The van der Waals surface area contributed by atoms with Gasteiger partial charge in [-0.1, -0.05) is 18.2 Å². The summed E-state index contributed by atoms with van der Waals surface area (Å²) in [7, 11) is 0. The number of aromatic nitrogens is 2. The van der Waals surface area contributed by atoms with Crippen molar-refractivity contribution < 1.29 is 14.0 Å². The van der Waals surface area contributed by atoms with Gasteiger partial charge in [-0.25, -0.2) is 4.39 Å². The predicted octanol–water partition coefficient (Wildman–Crippen LogP) is 1.75. The molecule has 0 bridgehead atoms. The third-order valence-electron chi connectivity index (χ3n) is 4.10. The lowest BCUT2D eigenvalue weighted by molar-refractivity contribution is -0.132. The minimum absolute atomic E-state index is 0.0293. The van der Waals surface area contributed by atoms with E-state index in [4.69, 9.17) is 0 Å². The zero-order valence-corrected chi connectivity index (χ0v) is 14.3. The monoisotopic (exact) mass is 344 g/mol. The summed E-state index contributed by atoms with van der Waals surface area (Å²) in [4.78, 5) is 26.2. The smallest absolute Gasteiger partial charge is 0.271 e. The Morgan fingerprint density at radius 2 is 2.04 bits per heavy atom. The van der Waals surface area contributed by atoms with Gasteiger partial charge in [-0.15, -0.1) is 0 Å². The summed E-state index contributed by atoms with van der Waals surface area (Å²) >= 11 is 0. The number of hydrogen-bond acceptors (Lipinski definition) is 3. The third kappa shape index (κ3) is 3.87. The van der Waals surface area contributed by atoms with Gasteiger partial charge < -0.3 is 10.2 Å². The fourth-order valence-electron chi connectivity index (χ4n) is 2.84. The highest BCUT2D eigenvalue weighted by molar-refractivity contribution is 5.92. The highest BCUT2D eigenvalue weighted by Gasteiger charge is 2.24. The van der Waals surface area contributed by atoms with E-state index in [-0.39, 0.29) is 30.1 Å². The molecule has 1 aromatic heterocycles. The highest BCUT2D eigenvalue weighted by atomic mass is 19.1. The number of benzene rings is 1. The van der Waals surface area contributed by atoms with Crippen LogP contribution in [-0.2, 0) is 24.3 Å². The zero-order valence-electron chi connectivity index (χ0n) is 14.3. The topological polar surface area (TPSA) is 67.2 Å². The van der Waals surface area contributed by atoms with Crippen LogP contribution >= 0.6 is 0 Å². The Kier molecular flexibility index (Phi) is 4.83. The number of carbonyl (C=O) groups is 2.